The number of aromatic hydroxyl groups is 1. The summed E-state index contributed by atoms with van der Waals surface area (Å²) in [6.45, 7) is 0. The normalized spacial score (nSPS) is 10.4. The number of nitrogens with one attached hydrogen (secondary N) is 1. The van der Waals surface area contributed by atoms with E-state index in [4.69, 9.17) is 4.74 Å². The van der Waals surface area contributed by atoms with Crippen molar-refractivity contribution in [3.63, 3.8) is 0 Å². The van der Waals surface area contributed by atoms with Gasteiger partial charge in [-0.2, -0.15) is 9.78 Å². The maximum atomic E-state index is 12.6. The number of halogens is 1. The van der Waals surface area contributed by atoms with Crippen molar-refractivity contribution in [2.75, 3.05) is 12.4 Å². The van der Waals surface area contributed by atoms with E-state index < -0.39 is 27.8 Å². The largest absolute Gasteiger partial charge is 0.505 e. The van der Waals surface area contributed by atoms with Gasteiger partial charge in [-0.1, -0.05) is 15.9 Å². The molecule has 0 atom stereocenters. The lowest BCUT2D eigenvalue weighted by Gasteiger charge is -2.11. The first-order chi connectivity index (χ1) is 13.8. The Hall–Kier alpha value is -3.73. The Balaban J connectivity index is 1.97. The van der Waals surface area contributed by atoms with E-state index in [-0.39, 0.29) is 17.1 Å². The summed E-state index contributed by atoms with van der Waals surface area (Å²) in [4.78, 5) is 35.1. The zero-order valence-electron chi connectivity index (χ0n) is 14.8. The van der Waals surface area contributed by atoms with Crippen LogP contribution in [-0.4, -0.2) is 32.8 Å². The number of aromatic nitrogens is 2. The molecular weight excluding hydrogens is 448 g/mol. The number of nitro groups is 1. The average Bonchev–Trinajstić information content (AvgIpc) is 2.69. The Labute approximate surface area is 171 Å². The minimum absolute atomic E-state index is 0.0493. The zero-order chi connectivity index (χ0) is 21.1. The molecule has 148 valence electrons. The molecule has 10 nitrogen and oxygen atoms in total. The lowest BCUT2D eigenvalue weighted by atomic mass is 10.2. The van der Waals surface area contributed by atoms with Crippen LogP contribution in [0.1, 0.15) is 10.5 Å². The van der Waals surface area contributed by atoms with Gasteiger partial charge in [0.1, 0.15) is 5.75 Å². The van der Waals surface area contributed by atoms with Gasteiger partial charge in [0.25, 0.3) is 17.2 Å². The Morgan fingerprint density at radius 3 is 2.55 bits per heavy atom. The molecule has 0 aliphatic carbocycles. The number of nitrogens with zero attached hydrogens (tertiary/aromatic N) is 3. The number of methoxy groups -OCH3 is 1. The molecule has 0 unspecified atom stereocenters. The summed E-state index contributed by atoms with van der Waals surface area (Å²) in [5.41, 5.74) is -0.738. The number of ether oxygens (including phenoxy) is 1. The van der Waals surface area contributed by atoms with Crippen LogP contribution in [0.4, 0.5) is 11.4 Å². The molecule has 1 heterocycles. The van der Waals surface area contributed by atoms with E-state index in [0.29, 0.717) is 5.69 Å². The van der Waals surface area contributed by atoms with Crippen LogP contribution in [0.3, 0.4) is 0 Å². The van der Waals surface area contributed by atoms with Gasteiger partial charge in [-0.15, -0.1) is 0 Å². The lowest BCUT2D eigenvalue weighted by molar-refractivity contribution is -0.384. The number of carbonyl (C=O) groups excluding carboxylic acids is 1. The third-order valence-electron chi connectivity index (χ3n) is 3.84. The second-order valence-corrected chi connectivity index (χ2v) is 6.62. The third-order valence-corrected chi connectivity index (χ3v) is 4.37. The first-order valence-corrected chi connectivity index (χ1v) is 8.82. The molecule has 2 aromatic carbocycles. The Morgan fingerprint density at radius 2 is 1.93 bits per heavy atom. The van der Waals surface area contributed by atoms with Gasteiger partial charge in [-0.05, 0) is 30.3 Å². The number of non-ortho nitro benzene ring substituents is 1. The van der Waals surface area contributed by atoms with E-state index in [2.05, 4.69) is 26.3 Å². The summed E-state index contributed by atoms with van der Waals surface area (Å²) in [5, 5.41) is 27.3. The van der Waals surface area contributed by atoms with Crippen molar-refractivity contribution < 1.29 is 19.6 Å². The summed E-state index contributed by atoms with van der Waals surface area (Å²) in [6.07, 6.45) is 0. The molecular formula is C18H13BrN4O6. The Bertz CT molecular complexity index is 1160. The van der Waals surface area contributed by atoms with Crippen molar-refractivity contribution in [2.24, 2.45) is 0 Å². The van der Waals surface area contributed by atoms with Gasteiger partial charge in [0.05, 0.1) is 29.5 Å². The summed E-state index contributed by atoms with van der Waals surface area (Å²) >= 11 is 3.28. The van der Waals surface area contributed by atoms with Crippen LogP contribution in [0, 0.1) is 10.1 Å². The molecule has 29 heavy (non-hydrogen) atoms. The van der Waals surface area contributed by atoms with Crippen molar-refractivity contribution in [1.82, 2.24) is 9.78 Å². The topological polar surface area (TPSA) is 137 Å². The molecule has 3 rings (SSSR count). The van der Waals surface area contributed by atoms with Crippen LogP contribution < -0.4 is 15.6 Å². The van der Waals surface area contributed by atoms with Gasteiger partial charge in [0.2, 0.25) is 0 Å². The van der Waals surface area contributed by atoms with Gasteiger partial charge < -0.3 is 15.2 Å². The molecule has 0 aliphatic heterocycles. The molecule has 0 saturated heterocycles. The van der Waals surface area contributed by atoms with Gasteiger partial charge in [-0.3, -0.25) is 19.7 Å². The highest BCUT2D eigenvalue weighted by Crippen LogP contribution is 2.29. The molecule has 3 aromatic rings. The summed E-state index contributed by atoms with van der Waals surface area (Å²) in [5.74, 6) is -1.39. The maximum Gasteiger partial charge on any atom is 0.280 e. The number of benzene rings is 2. The SMILES string of the molecule is COc1cc([N+](=O)[O-])ccc1NC(=O)c1nn(-c2ccc(Br)cc2)c(=O)cc1O. The van der Waals surface area contributed by atoms with E-state index >= 15 is 0 Å². The van der Waals surface area contributed by atoms with Crippen LogP contribution in [0.15, 0.2) is 57.8 Å². The number of hydrogen-bond donors (Lipinski definition) is 2. The predicted molar refractivity (Wildman–Crippen MR) is 107 cm³/mol. The monoisotopic (exact) mass is 460 g/mol. The van der Waals surface area contributed by atoms with Crippen LogP contribution in [-0.2, 0) is 0 Å². The average molecular weight is 461 g/mol. The number of carbonyl (C=O) groups is 1. The number of rotatable bonds is 5. The quantitative estimate of drug-likeness (QED) is 0.440. The molecule has 0 spiro atoms. The van der Waals surface area contributed by atoms with E-state index in [1.165, 1.54) is 19.2 Å². The molecule has 2 N–H and O–H groups in total. The first-order valence-electron chi connectivity index (χ1n) is 8.03. The fourth-order valence-electron chi connectivity index (χ4n) is 2.45. The first kappa shape index (κ1) is 20.0. The molecule has 1 amide bonds. The second-order valence-electron chi connectivity index (χ2n) is 5.70. The van der Waals surface area contributed by atoms with Crippen LogP contribution in [0.2, 0.25) is 0 Å². The van der Waals surface area contributed by atoms with Gasteiger partial charge >= 0.3 is 0 Å². The van der Waals surface area contributed by atoms with Crippen molar-refractivity contribution in [1.29, 1.82) is 0 Å². The molecule has 0 saturated carbocycles. The fourth-order valence-corrected chi connectivity index (χ4v) is 2.72. The van der Waals surface area contributed by atoms with Crippen LogP contribution in [0.5, 0.6) is 11.5 Å². The second kappa shape index (κ2) is 8.10. The molecule has 0 aliphatic rings. The van der Waals surface area contributed by atoms with E-state index in [1.807, 2.05) is 0 Å². The van der Waals surface area contributed by atoms with Gasteiger partial charge in [-0.25, -0.2) is 0 Å². The highest BCUT2D eigenvalue weighted by atomic mass is 79.9. The lowest BCUT2D eigenvalue weighted by Crippen LogP contribution is -2.25. The van der Waals surface area contributed by atoms with E-state index in [9.17, 15) is 24.8 Å². The molecule has 0 bridgehead atoms. The van der Waals surface area contributed by atoms with Crippen LogP contribution >= 0.6 is 15.9 Å². The smallest absolute Gasteiger partial charge is 0.280 e. The van der Waals surface area contributed by atoms with E-state index in [0.717, 1.165) is 21.3 Å². The molecule has 0 radical (unpaired) electrons. The summed E-state index contributed by atoms with van der Waals surface area (Å²) in [7, 11) is 1.29. The predicted octanol–water partition coefficient (Wildman–Crippen LogP) is 2.87. The van der Waals surface area contributed by atoms with Crippen molar-refractivity contribution in [2.45, 2.75) is 0 Å². The van der Waals surface area contributed by atoms with E-state index in [1.54, 1.807) is 24.3 Å². The summed E-state index contributed by atoms with van der Waals surface area (Å²) in [6, 6.07) is 11.1. The Morgan fingerprint density at radius 1 is 1.24 bits per heavy atom. The third kappa shape index (κ3) is 4.24. The minimum Gasteiger partial charge on any atom is -0.505 e. The number of amides is 1. The van der Waals surface area contributed by atoms with Crippen molar-refractivity contribution in [3.8, 4) is 17.2 Å². The fraction of sp³-hybridized carbons (Fsp3) is 0.0556. The Kier molecular flexibility index (Phi) is 5.59. The highest BCUT2D eigenvalue weighted by molar-refractivity contribution is 9.10. The maximum absolute atomic E-state index is 12.6. The van der Waals surface area contributed by atoms with Crippen molar-refractivity contribution >= 4 is 33.2 Å². The number of anilines is 1. The number of nitro benzene ring substituents is 1. The molecule has 0 fully saturated rings. The van der Waals surface area contributed by atoms with Gasteiger partial charge in [0.15, 0.2) is 11.4 Å². The number of hydrogen-bond acceptors (Lipinski definition) is 7. The van der Waals surface area contributed by atoms with Crippen LogP contribution in [0.25, 0.3) is 5.69 Å². The van der Waals surface area contributed by atoms with Gasteiger partial charge in [0, 0.05) is 16.6 Å². The summed E-state index contributed by atoms with van der Waals surface area (Å²) < 4.78 is 6.82. The molecule has 1 aromatic heterocycles. The highest BCUT2D eigenvalue weighted by Gasteiger charge is 2.20. The molecule has 11 heteroatoms. The minimum atomic E-state index is -0.833. The standard InChI is InChI=1S/C18H13BrN4O6/c1-29-15-8-12(23(27)28)6-7-13(15)20-18(26)17-14(24)9-16(25)22(21-17)11-4-2-10(19)3-5-11/h2-9,24H,1H3,(H,20,26). The van der Waals surface area contributed by atoms with Crippen molar-refractivity contribution in [3.05, 3.63) is 79.2 Å². The zero-order valence-corrected chi connectivity index (χ0v) is 16.4.